The van der Waals surface area contributed by atoms with Crippen molar-refractivity contribution in [2.24, 2.45) is 7.05 Å². The molecule has 1 aromatic heterocycles. The predicted octanol–water partition coefficient (Wildman–Crippen LogP) is 0.927. The number of carbonyl (C=O) groups excluding carboxylic acids is 1. The minimum atomic E-state index is -0.530. The molecule has 0 bridgehead atoms. The number of aryl methyl sites for hydroxylation is 1. The molecule has 0 aliphatic rings. The van der Waals surface area contributed by atoms with E-state index >= 15 is 0 Å². The lowest BCUT2D eigenvalue weighted by molar-refractivity contribution is 0.0212. The number of hydrogen-bond donors (Lipinski definition) is 0. The zero-order chi connectivity index (χ0) is 14.8. The van der Waals surface area contributed by atoms with Gasteiger partial charge in [0.15, 0.2) is 0 Å². The van der Waals surface area contributed by atoms with Crippen LogP contribution >= 0.6 is 0 Å². The second kappa shape index (κ2) is 5.63. The normalized spacial score (nSPS) is 13.2. The molecule has 0 saturated carbocycles. The van der Waals surface area contributed by atoms with Crippen LogP contribution in [0.3, 0.4) is 0 Å². The average Bonchev–Trinajstić information content (AvgIpc) is 2.56. The van der Waals surface area contributed by atoms with E-state index in [4.69, 9.17) is 12.6 Å². The molecule has 0 N–H and O–H groups in total. The van der Waals surface area contributed by atoms with Gasteiger partial charge in [-0.25, -0.2) is 4.79 Å². The van der Waals surface area contributed by atoms with Crippen molar-refractivity contribution < 1.29 is 9.53 Å². The molecule has 0 aliphatic heterocycles. The Labute approximate surface area is 115 Å². The number of nitrogens with zero attached hydrogens (tertiary/aromatic N) is 4. The first-order chi connectivity index (χ1) is 8.65. The highest BCUT2D eigenvalue weighted by molar-refractivity contribution is 6.31. The van der Waals surface area contributed by atoms with Crippen LogP contribution in [0.4, 0.5) is 4.79 Å². The molecule has 2 radical (unpaired) electrons. The number of rotatable bonds is 3. The first-order valence-electron chi connectivity index (χ1n) is 6.28. The van der Waals surface area contributed by atoms with Crippen LogP contribution in [-0.2, 0) is 11.8 Å². The van der Waals surface area contributed by atoms with Crippen molar-refractivity contribution in [3.05, 3.63) is 5.69 Å². The van der Waals surface area contributed by atoms with E-state index in [-0.39, 0.29) is 6.04 Å². The molecule has 1 atom stereocenters. The third-order valence-electron chi connectivity index (χ3n) is 2.62. The average molecular weight is 264 g/mol. The van der Waals surface area contributed by atoms with Gasteiger partial charge in [-0.2, -0.15) is 15.0 Å². The molecule has 19 heavy (non-hydrogen) atoms. The van der Waals surface area contributed by atoms with Crippen LogP contribution in [0.15, 0.2) is 0 Å². The topological polar surface area (TPSA) is 60.2 Å². The van der Waals surface area contributed by atoms with E-state index in [1.807, 2.05) is 27.7 Å². The molecule has 104 valence electrons. The van der Waals surface area contributed by atoms with Crippen molar-refractivity contribution in [1.29, 1.82) is 0 Å². The van der Waals surface area contributed by atoms with Gasteiger partial charge in [-0.05, 0) is 27.2 Å². The molecule has 7 heteroatoms. The van der Waals surface area contributed by atoms with E-state index in [0.717, 1.165) is 0 Å². The Hall–Kier alpha value is -1.53. The zero-order valence-electron chi connectivity index (χ0n) is 12.5. The maximum absolute atomic E-state index is 12.1. The van der Waals surface area contributed by atoms with Crippen LogP contribution in [0.1, 0.15) is 45.9 Å². The van der Waals surface area contributed by atoms with E-state index in [2.05, 4.69) is 10.2 Å². The highest BCUT2D eigenvalue weighted by atomic mass is 16.6. The third-order valence-corrected chi connectivity index (χ3v) is 2.62. The molecule has 1 rings (SSSR count). The lowest BCUT2D eigenvalue weighted by Gasteiger charge is -2.29. The summed E-state index contributed by atoms with van der Waals surface area (Å²) in [6.07, 6.45) is 0.281. The summed E-state index contributed by atoms with van der Waals surface area (Å²) < 4.78 is 5.34. The van der Waals surface area contributed by atoms with Crippen molar-refractivity contribution in [2.45, 2.75) is 45.8 Å². The van der Waals surface area contributed by atoms with Gasteiger partial charge in [-0.1, -0.05) is 6.92 Å². The minimum absolute atomic E-state index is 0.247. The Morgan fingerprint density at radius 2 is 2.05 bits per heavy atom. The van der Waals surface area contributed by atoms with Crippen molar-refractivity contribution in [1.82, 2.24) is 19.9 Å². The summed E-state index contributed by atoms with van der Waals surface area (Å²) in [5.41, 5.74) is 0.403. The Morgan fingerprint density at radius 1 is 1.47 bits per heavy atom. The molecule has 1 aromatic rings. The highest BCUT2D eigenvalue weighted by Gasteiger charge is 2.28. The van der Waals surface area contributed by atoms with E-state index in [0.29, 0.717) is 17.7 Å². The summed E-state index contributed by atoms with van der Waals surface area (Å²) in [5, 5.41) is 8.21. The molecule has 0 fully saturated rings. The second-order valence-corrected chi connectivity index (χ2v) is 5.48. The smallest absolute Gasteiger partial charge is 0.410 e. The van der Waals surface area contributed by atoms with E-state index in [1.165, 1.54) is 9.70 Å². The molecule has 6 nitrogen and oxygen atoms in total. The second-order valence-electron chi connectivity index (χ2n) is 5.48. The number of aromatic nitrogens is 3. The summed E-state index contributed by atoms with van der Waals surface area (Å²) in [7, 11) is 9.18. The highest BCUT2D eigenvalue weighted by Crippen LogP contribution is 2.21. The van der Waals surface area contributed by atoms with Gasteiger partial charge in [0, 0.05) is 19.7 Å². The van der Waals surface area contributed by atoms with Gasteiger partial charge in [0.1, 0.15) is 13.4 Å². The quantitative estimate of drug-likeness (QED) is 0.762. The Morgan fingerprint density at radius 3 is 2.42 bits per heavy atom. The van der Waals surface area contributed by atoms with Crippen LogP contribution in [0.5, 0.6) is 0 Å². The zero-order valence-corrected chi connectivity index (χ0v) is 12.5. The molecule has 0 spiro atoms. The van der Waals surface area contributed by atoms with Crippen LogP contribution in [0.2, 0.25) is 0 Å². The van der Waals surface area contributed by atoms with E-state index in [9.17, 15) is 4.79 Å². The summed E-state index contributed by atoms with van der Waals surface area (Å²) in [5.74, 6) is 0. The largest absolute Gasteiger partial charge is 0.444 e. The summed E-state index contributed by atoms with van der Waals surface area (Å²) in [6, 6.07) is -0.247. The first-order valence-corrected chi connectivity index (χ1v) is 6.28. The van der Waals surface area contributed by atoms with E-state index < -0.39 is 11.7 Å². The fourth-order valence-corrected chi connectivity index (χ4v) is 1.79. The van der Waals surface area contributed by atoms with Crippen molar-refractivity contribution in [3.63, 3.8) is 0 Å². The molecular formula is C12H21BN4O2. The molecule has 1 amide bonds. The fraction of sp³-hybridized carbons (Fsp3) is 0.750. The Balaban J connectivity index is 2.91. The number of amides is 1. The van der Waals surface area contributed by atoms with Gasteiger partial charge in [0.05, 0.1) is 11.7 Å². The Kier molecular flexibility index (Phi) is 4.60. The molecule has 0 aliphatic carbocycles. The van der Waals surface area contributed by atoms with Gasteiger partial charge in [0.2, 0.25) is 0 Å². The molecule has 0 saturated heterocycles. The fourth-order valence-electron chi connectivity index (χ4n) is 1.79. The standard InChI is InChI=1S/C12H21BN4O2/c1-7-8(9-10(13)15-17(6)14-9)16(5)11(18)19-12(2,3)4/h8H,7H2,1-6H3. The minimum Gasteiger partial charge on any atom is -0.444 e. The van der Waals surface area contributed by atoms with E-state index in [1.54, 1.807) is 14.1 Å². The molecule has 1 heterocycles. The molecule has 0 aromatic carbocycles. The van der Waals surface area contributed by atoms with Gasteiger partial charge in [-0.3, -0.25) is 0 Å². The van der Waals surface area contributed by atoms with Crippen LogP contribution in [-0.4, -0.2) is 46.5 Å². The van der Waals surface area contributed by atoms with Gasteiger partial charge < -0.3 is 9.64 Å². The summed E-state index contributed by atoms with van der Waals surface area (Å²) in [6.45, 7) is 7.45. The van der Waals surface area contributed by atoms with Gasteiger partial charge in [0.25, 0.3) is 0 Å². The van der Waals surface area contributed by atoms with Gasteiger partial charge >= 0.3 is 6.09 Å². The van der Waals surface area contributed by atoms with Crippen molar-refractivity contribution >= 4 is 19.5 Å². The van der Waals surface area contributed by atoms with Crippen molar-refractivity contribution in [2.75, 3.05) is 7.05 Å². The first kappa shape index (κ1) is 15.5. The Bertz CT molecular complexity index is 453. The SMILES string of the molecule is [B]c1nn(C)nc1C(CC)N(C)C(=O)OC(C)(C)C. The number of carbonyl (C=O) groups is 1. The maximum atomic E-state index is 12.1. The number of ether oxygens (including phenoxy) is 1. The van der Waals surface area contributed by atoms with Gasteiger partial charge in [-0.15, -0.1) is 0 Å². The monoisotopic (exact) mass is 264 g/mol. The summed E-state index contributed by atoms with van der Waals surface area (Å²) >= 11 is 0. The van der Waals surface area contributed by atoms with Crippen LogP contribution < -0.4 is 5.59 Å². The predicted molar refractivity (Wildman–Crippen MR) is 73.4 cm³/mol. The van der Waals surface area contributed by atoms with Crippen molar-refractivity contribution in [3.8, 4) is 0 Å². The van der Waals surface area contributed by atoms with Crippen LogP contribution in [0, 0.1) is 0 Å². The number of hydrogen-bond acceptors (Lipinski definition) is 4. The lowest BCUT2D eigenvalue weighted by Crippen LogP contribution is -2.38. The van der Waals surface area contributed by atoms with Crippen LogP contribution in [0.25, 0.3) is 0 Å². The molecule has 1 unspecified atom stereocenters. The lowest BCUT2D eigenvalue weighted by atomic mass is 9.96. The summed E-state index contributed by atoms with van der Waals surface area (Å²) in [4.78, 5) is 15.0. The third kappa shape index (κ3) is 3.97. The maximum Gasteiger partial charge on any atom is 0.410 e. The molecular weight excluding hydrogens is 243 g/mol.